The van der Waals surface area contributed by atoms with Crippen molar-refractivity contribution in [2.24, 2.45) is 7.05 Å². The Balaban J connectivity index is 0.00000241. The van der Waals surface area contributed by atoms with Crippen molar-refractivity contribution in [2.75, 3.05) is 0 Å². The maximum atomic E-state index is 2.50. The van der Waals surface area contributed by atoms with Gasteiger partial charge in [0.25, 0.3) is 5.82 Å². The summed E-state index contributed by atoms with van der Waals surface area (Å²) in [5.74, 6) is 1.23. The predicted molar refractivity (Wildman–Crippen MR) is 144 cm³/mol. The Kier molecular flexibility index (Phi) is 5.20. The first-order valence-corrected chi connectivity index (χ1v) is 11.7. The lowest BCUT2D eigenvalue weighted by Gasteiger charge is -2.12. The van der Waals surface area contributed by atoms with Crippen LogP contribution in [0.3, 0.4) is 0 Å². The summed E-state index contributed by atoms with van der Waals surface area (Å²) in [4.78, 5) is 0. The molecule has 0 amide bonds. The van der Waals surface area contributed by atoms with Crippen molar-refractivity contribution >= 4 is 11.0 Å². The van der Waals surface area contributed by atoms with Crippen LogP contribution >= 0.6 is 0 Å². The maximum absolute atomic E-state index is 2.50. The van der Waals surface area contributed by atoms with Crippen molar-refractivity contribution in [2.45, 2.75) is 41.5 Å². The zero-order chi connectivity index (χ0) is 22.9. The smallest absolute Gasteiger partial charge is 0.225 e. The standard InChI is InChI=1S/C31H29N2.CH4/c1-19-14-21(3)30(22(4)15-19)33-29-17-24-16-23-11-7-9-13-26(23)27(24)18-28(29)32(5)31(33)25-12-8-6-10-20(25)2;/h6-15,17-18H,16H2,1-5H3;1H4/q+1;. The van der Waals surface area contributed by atoms with Crippen LogP contribution in [0, 0.1) is 27.7 Å². The van der Waals surface area contributed by atoms with E-state index >= 15 is 0 Å². The van der Waals surface area contributed by atoms with Gasteiger partial charge < -0.3 is 0 Å². The Labute approximate surface area is 203 Å². The molecule has 1 aromatic heterocycles. The largest absolute Gasteiger partial charge is 0.295 e. The summed E-state index contributed by atoms with van der Waals surface area (Å²) in [6.07, 6.45) is 1.00. The highest BCUT2D eigenvalue weighted by molar-refractivity contribution is 5.89. The monoisotopic (exact) mass is 445 g/mol. The fourth-order valence-electron chi connectivity index (χ4n) is 5.86. The van der Waals surface area contributed by atoms with Gasteiger partial charge in [-0.05, 0) is 91.3 Å². The summed E-state index contributed by atoms with van der Waals surface area (Å²) in [6.45, 7) is 8.88. The van der Waals surface area contributed by atoms with E-state index in [0.717, 1.165) is 6.42 Å². The van der Waals surface area contributed by atoms with E-state index in [1.165, 1.54) is 72.6 Å². The molecule has 0 unspecified atom stereocenters. The van der Waals surface area contributed by atoms with Gasteiger partial charge >= 0.3 is 0 Å². The molecule has 0 N–H and O–H groups in total. The molecule has 6 rings (SSSR count). The fourth-order valence-corrected chi connectivity index (χ4v) is 5.86. The lowest BCUT2D eigenvalue weighted by Crippen LogP contribution is -2.30. The number of aryl methyl sites for hydroxylation is 5. The molecule has 4 aromatic carbocycles. The first-order valence-electron chi connectivity index (χ1n) is 11.7. The van der Waals surface area contributed by atoms with Crippen LogP contribution in [-0.2, 0) is 13.5 Å². The van der Waals surface area contributed by atoms with E-state index in [-0.39, 0.29) is 7.43 Å². The second kappa shape index (κ2) is 7.99. The highest BCUT2D eigenvalue weighted by Crippen LogP contribution is 2.40. The Morgan fingerprint density at radius 2 is 1.32 bits per heavy atom. The molecular weight excluding hydrogens is 412 g/mol. The van der Waals surface area contributed by atoms with Gasteiger partial charge in [-0.25, -0.2) is 4.57 Å². The number of rotatable bonds is 2. The molecule has 0 saturated heterocycles. The van der Waals surface area contributed by atoms with Crippen molar-refractivity contribution < 1.29 is 4.57 Å². The molecule has 0 atom stereocenters. The first-order chi connectivity index (χ1) is 15.9. The van der Waals surface area contributed by atoms with E-state index in [1.807, 2.05) is 0 Å². The molecule has 0 bridgehead atoms. The van der Waals surface area contributed by atoms with Crippen molar-refractivity contribution in [3.8, 4) is 28.2 Å². The highest BCUT2D eigenvalue weighted by atomic mass is 15.2. The van der Waals surface area contributed by atoms with Gasteiger partial charge in [0.15, 0.2) is 11.0 Å². The summed E-state index contributed by atoms with van der Waals surface area (Å²) < 4.78 is 4.89. The third-order valence-electron chi connectivity index (χ3n) is 7.27. The third-order valence-corrected chi connectivity index (χ3v) is 7.27. The zero-order valence-corrected chi connectivity index (χ0v) is 20.0. The van der Waals surface area contributed by atoms with Crippen molar-refractivity contribution in [1.82, 2.24) is 4.57 Å². The van der Waals surface area contributed by atoms with Gasteiger partial charge in [-0.1, -0.05) is 67.6 Å². The number of hydrogen-bond donors (Lipinski definition) is 0. The average molecular weight is 446 g/mol. The molecule has 1 heterocycles. The third kappa shape index (κ3) is 3.13. The SMILES string of the molecule is C.Cc1cc(C)c(-n2c(-c3ccccc3C)[n+](C)c3cc4c(cc32)Cc2ccccc2-4)c(C)c1. The van der Waals surface area contributed by atoms with Crippen LogP contribution in [0.25, 0.3) is 39.2 Å². The van der Waals surface area contributed by atoms with Crippen molar-refractivity contribution in [3.05, 3.63) is 106 Å². The number of benzene rings is 4. The van der Waals surface area contributed by atoms with Crippen LogP contribution in [-0.4, -0.2) is 4.57 Å². The van der Waals surface area contributed by atoms with Gasteiger partial charge in [-0.2, -0.15) is 4.57 Å². The number of hydrogen-bond acceptors (Lipinski definition) is 0. The minimum atomic E-state index is 0. The molecule has 2 nitrogen and oxygen atoms in total. The van der Waals surface area contributed by atoms with Gasteiger partial charge in [0, 0.05) is 0 Å². The van der Waals surface area contributed by atoms with Crippen LogP contribution < -0.4 is 4.57 Å². The van der Waals surface area contributed by atoms with E-state index in [0.29, 0.717) is 0 Å². The van der Waals surface area contributed by atoms with Gasteiger partial charge in [-0.15, -0.1) is 0 Å². The highest BCUT2D eigenvalue weighted by Gasteiger charge is 2.31. The Bertz CT molecular complexity index is 1560. The van der Waals surface area contributed by atoms with Gasteiger partial charge in [0.05, 0.1) is 12.6 Å². The van der Waals surface area contributed by atoms with Crippen LogP contribution in [0.15, 0.2) is 72.8 Å². The van der Waals surface area contributed by atoms with Gasteiger partial charge in [0.1, 0.15) is 5.69 Å². The lowest BCUT2D eigenvalue weighted by atomic mass is 10.0. The van der Waals surface area contributed by atoms with Crippen molar-refractivity contribution in [1.29, 1.82) is 0 Å². The predicted octanol–water partition coefficient (Wildman–Crippen LogP) is 7.56. The number of aromatic nitrogens is 2. The van der Waals surface area contributed by atoms with E-state index < -0.39 is 0 Å². The van der Waals surface area contributed by atoms with Gasteiger partial charge in [0.2, 0.25) is 0 Å². The Morgan fingerprint density at radius 1 is 0.676 bits per heavy atom. The Hall–Kier alpha value is -3.65. The summed E-state index contributed by atoms with van der Waals surface area (Å²) in [6, 6.07) is 27.0. The molecule has 0 fully saturated rings. The molecule has 0 radical (unpaired) electrons. The van der Waals surface area contributed by atoms with Crippen LogP contribution in [0.4, 0.5) is 0 Å². The van der Waals surface area contributed by atoms with Crippen LogP contribution in [0.2, 0.25) is 0 Å². The van der Waals surface area contributed by atoms with Gasteiger partial charge in [-0.3, -0.25) is 0 Å². The molecular formula is C32H33N2+. The molecule has 1 aliphatic rings. The molecule has 5 aromatic rings. The minimum absolute atomic E-state index is 0. The number of imidazole rings is 1. The number of nitrogens with zero attached hydrogens (tertiary/aromatic N) is 2. The molecule has 0 spiro atoms. The van der Waals surface area contributed by atoms with E-state index in [9.17, 15) is 0 Å². The topological polar surface area (TPSA) is 8.81 Å². The number of fused-ring (bicyclic) bond motifs is 4. The second-order valence-corrected chi connectivity index (χ2v) is 9.61. The zero-order valence-electron chi connectivity index (χ0n) is 20.0. The lowest BCUT2D eigenvalue weighted by molar-refractivity contribution is -0.633. The van der Waals surface area contributed by atoms with Crippen LogP contribution in [0.5, 0.6) is 0 Å². The molecule has 0 aliphatic heterocycles. The van der Waals surface area contributed by atoms with Crippen molar-refractivity contribution in [3.63, 3.8) is 0 Å². The van der Waals surface area contributed by atoms with Crippen LogP contribution in [0.1, 0.15) is 40.8 Å². The molecule has 34 heavy (non-hydrogen) atoms. The van der Waals surface area contributed by atoms with E-state index in [2.05, 4.69) is 117 Å². The average Bonchev–Trinajstić information content (AvgIpc) is 3.27. The summed E-state index contributed by atoms with van der Waals surface area (Å²) in [5, 5.41) is 0. The normalized spacial score (nSPS) is 11.9. The van der Waals surface area contributed by atoms with E-state index in [4.69, 9.17) is 0 Å². The quantitative estimate of drug-likeness (QED) is 0.243. The summed E-state index contributed by atoms with van der Waals surface area (Å²) in [7, 11) is 2.21. The summed E-state index contributed by atoms with van der Waals surface area (Å²) in [5.41, 5.74) is 15.9. The first kappa shape index (κ1) is 22.2. The maximum Gasteiger partial charge on any atom is 0.295 e. The van der Waals surface area contributed by atoms with E-state index in [1.54, 1.807) is 0 Å². The second-order valence-electron chi connectivity index (χ2n) is 9.61. The minimum Gasteiger partial charge on any atom is -0.225 e. The fraction of sp³-hybridized carbons (Fsp3) is 0.219. The summed E-state index contributed by atoms with van der Waals surface area (Å²) >= 11 is 0. The molecule has 0 saturated carbocycles. The molecule has 1 aliphatic carbocycles. The molecule has 170 valence electrons. The molecule has 2 heteroatoms. The Morgan fingerprint density at radius 3 is 2.03 bits per heavy atom.